The molecule has 2 aromatic rings. The molecule has 2 rings (SSSR count). The van der Waals surface area contributed by atoms with Crippen molar-refractivity contribution in [1.29, 1.82) is 0 Å². The number of methoxy groups -OCH3 is 1. The molecule has 0 saturated heterocycles. The molecule has 0 fully saturated rings. The van der Waals surface area contributed by atoms with E-state index in [1.165, 1.54) is 19.4 Å². The summed E-state index contributed by atoms with van der Waals surface area (Å²) in [5, 5.41) is 15.9. The number of phenolic OH excluding ortho intramolecular Hbond substituents is 1. The Morgan fingerprint density at radius 1 is 1.14 bits per heavy atom. The summed E-state index contributed by atoms with van der Waals surface area (Å²) in [6.07, 6.45) is 1.41. The fraction of sp³-hybridized carbons (Fsp3) is 0.286. The second kappa shape index (κ2) is 9.03. The van der Waals surface area contributed by atoms with Gasteiger partial charge < -0.3 is 15.2 Å². The first-order valence-electron chi connectivity index (χ1n) is 8.78. The highest BCUT2D eigenvalue weighted by Gasteiger charge is 2.14. The Balaban J connectivity index is 1.84. The van der Waals surface area contributed by atoms with E-state index in [1.807, 2.05) is 12.1 Å². The highest BCUT2D eigenvalue weighted by Crippen LogP contribution is 2.25. The molecule has 7 heteroatoms. The average Bonchev–Trinajstić information content (AvgIpc) is 2.66. The lowest BCUT2D eigenvalue weighted by Gasteiger charge is -2.19. The Labute approximate surface area is 164 Å². The van der Waals surface area contributed by atoms with Crippen molar-refractivity contribution < 1.29 is 19.4 Å². The fourth-order valence-corrected chi connectivity index (χ4v) is 2.38. The zero-order valence-corrected chi connectivity index (χ0v) is 16.4. The zero-order valence-electron chi connectivity index (χ0n) is 16.4. The van der Waals surface area contributed by atoms with Crippen LogP contribution in [0.3, 0.4) is 0 Å². The number of hydrogen-bond donors (Lipinski definition) is 3. The van der Waals surface area contributed by atoms with Crippen molar-refractivity contribution >= 4 is 18.0 Å². The van der Waals surface area contributed by atoms with Crippen LogP contribution in [0.15, 0.2) is 47.6 Å². The summed E-state index contributed by atoms with van der Waals surface area (Å²) in [4.78, 5) is 24.0. The predicted octanol–water partition coefficient (Wildman–Crippen LogP) is 2.58. The highest BCUT2D eigenvalue weighted by molar-refractivity contribution is 5.96. The standard InChI is InChI=1S/C21H25N3O4/c1-21(2,3)16-8-6-15(7-9-16)20(27)22-13-19(26)24-23-12-14-5-10-17(25)18(11-14)28-4/h5-12,25H,13H2,1-4H3,(H,22,27)(H,24,26). The molecule has 0 unspecified atom stereocenters. The van der Waals surface area contributed by atoms with Gasteiger partial charge in [0.1, 0.15) is 0 Å². The largest absolute Gasteiger partial charge is 0.504 e. The molecule has 0 aliphatic heterocycles. The van der Waals surface area contributed by atoms with Crippen molar-refractivity contribution in [3.8, 4) is 11.5 Å². The third-order valence-electron chi connectivity index (χ3n) is 4.03. The molecular formula is C21H25N3O4. The molecule has 7 nitrogen and oxygen atoms in total. The number of nitrogens with one attached hydrogen (secondary N) is 2. The second-order valence-corrected chi connectivity index (χ2v) is 7.23. The van der Waals surface area contributed by atoms with Crippen molar-refractivity contribution in [3.05, 3.63) is 59.2 Å². The van der Waals surface area contributed by atoms with Gasteiger partial charge in [0, 0.05) is 5.56 Å². The van der Waals surface area contributed by atoms with Gasteiger partial charge in [-0.15, -0.1) is 0 Å². The summed E-state index contributed by atoms with van der Waals surface area (Å²) in [5.41, 5.74) is 4.59. The number of carbonyl (C=O) groups is 2. The molecule has 0 spiro atoms. The van der Waals surface area contributed by atoms with Gasteiger partial charge in [0.2, 0.25) is 0 Å². The summed E-state index contributed by atoms with van der Waals surface area (Å²) in [5.74, 6) is -0.466. The normalized spacial score (nSPS) is 11.3. The average molecular weight is 383 g/mol. The van der Waals surface area contributed by atoms with Crippen LogP contribution in [-0.4, -0.2) is 36.8 Å². The van der Waals surface area contributed by atoms with Crippen LogP contribution in [0.2, 0.25) is 0 Å². The van der Waals surface area contributed by atoms with Gasteiger partial charge in [-0.05, 0) is 46.9 Å². The molecule has 0 radical (unpaired) electrons. The molecule has 3 N–H and O–H groups in total. The fourth-order valence-electron chi connectivity index (χ4n) is 2.38. The maximum atomic E-state index is 12.1. The zero-order chi connectivity index (χ0) is 20.7. The monoisotopic (exact) mass is 383 g/mol. The number of nitrogens with zero attached hydrogens (tertiary/aromatic N) is 1. The van der Waals surface area contributed by atoms with Crippen LogP contribution in [0.5, 0.6) is 11.5 Å². The SMILES string of the molecule is COc1cc(C=NNC(=O)CNC(=O)c2ccc(C(C)(C)C)cc2)ccc1O. The molecule has 0 atom stereocenters. The van der Waals surface area contributed by atoms with Gasteiger partial charge >= 0.3 is 0 Å². The third kappa shape index (κ3) is 5.84. The van der Waals surface area contributed by atoms with Crippen molar-refractivity contribution in [1.82, 2.24) is 10.7 Å². The number of benzene rings is 2. The predicted molar refractivity (Wildman–Crippen MR) is 108 cm³/mol. The van der Waals surface area contributed by atoms with Crippen molar-refractivity contribution in [3.63, 3.8) is 0 Å². The number of ether oxygens (including phenoxy) is 1. The van der Waals surface area contributed by atoms with Crippen LogP contribution < -0.4 is 15.5 Å². The number of hydrogen-bond acceptors (Lipinski definition) is 5. The van der Waals surface area contributed by atoms with E-state index in [-0.39, 0.29) is 23.6 Å². The lowest BCUT2D eigenvalue weighted by Crippen LogP contribution is -2.34. The Morgan fingerprint density at radius 2 is 1.82 bits per heavy atom. The van der Waals surface area contributed by atoms with Gasteiger partial charge in [-0.1, -0.05) is 32.9 Å². The first kappa shape index (κ1) is 21.0. The van der Waals surface area contributed by atoms with Gasteiger partial charge in [0.05, 0.1) is 19.9 Å². The topological polar surface area (TPSA) is 100 Å². The van der Waals surface area contributed by atoms with Crippen LogP contribution in [0.1, 0.15) is 42.3 Å². The maximum absolute atomic E-state index is 12.1. The second-order valence-electron chi connectivity index (χ2n) is 7.23. The summed E-state index contributed by atoms with van der Waals surface area (Å²) in [6, 6.07) is 12.0. The molecule has 0 aliphatic carbocycles. The summed E-state index contributed by atoms with van der Waals surface area (Å²) in [7, 11) is 1.44. The van der Waals surface area contributed by atoms with Gasteiger partial charge in [-0.2, -0.15) is 5.10 Å². The third-order valence-corrected chi connectivity index (χ3v) is 4.03. The minimum atomic E-state index is -0.457. The van der Waals surface area contributed by atoms with Gasteiger partial charge in [-0.3, -0.25) is 9.59 Å². The number of carbonyl (C=O) groups excluding carboxylic acids is 2. The van der Waals surface area contributed by atoms with Crippen molar-refractivity contribution in [2.45, 2.75) is 26.2 Å². The molecule has 0 aliphatic rings. The number of hydrazone groups is 1. The summed E-state index contributed by atoms with van der Waals surface area (Å²) >= 11 is 0. The van der Waals surface area contributed by atoms with E-state index in [0.717, 1.165) is 5.56 Å². The minimum Gasteiger partial charge on any atom is -0.504 e. The van der Waals surface area contributed by atoms with Crippen LogP contribution in [-0.2, 0) is 10.2 Å². The first-order valence-corrected chi connectivity index (χ1v) is 8.78. The van der Waals surface area contributed by atoms with E-state index in [0.29, 0.717) is 16.9 Å². The molecule has 0 saturated carbocycles. The molecule has 0 bridgehead atoms. The van der Waals surface area contributed by atoms with Gasteiger partial charge in [0.25, 0.3) is 11.8 Å². The lowest BCUT2D eigenvalue weighted by atomic mass is 9.87. The number of phenols is 1. The van der Waals surface area contributed by atoms with E-state index < -0.39 is 5.91 Å². The van der Waals surface area contributed by atoms with E-state index in [2.05, 4.69) is 36.6 Å². The molecule has 0 heterocycles. The van der Waals surface area contributed by atoms with E-state index in [9.17, 15) is 14.7 Å². The Hall–Kier alpha value is -3.35. The summed E-state index contributed by atoms with van der Waals surface area (Å²) < 4.78 is 5.00. The van der Waals surface area contributed by atoms with Crippen LogP contribution in [0.25, 0.3) is 0 Å². The minimum absolute atomic E-state index is 0.00835. The van der Waals surface area contributed by atoms with Crippen LogP contribution >= 0.6 is 0 Å². The highest BCUT2D eigenvalue weighted by atomic mass is 16.5. The van der Waals surface area contributed by atoms with Gasteiger partial charge in [0.15, 0.2) is 11.5 Å². The van der Waals surface area contributed by atoms with E-state index in [4.69, 9.17) is 4.74 Å². The van der Waals surface area contributed by atoms with E-state index >= 15 is 0 Å². The van der Waals surface area contributed by atoms with Gasteiger partial charge in [-0.25, -0.2) is 5.43 Å². The lowest BCUT2D eigenvalue weighted by molar-refractivity contribution is -0.120. The molecule has 28 heavy (non-hydrogen) atoms. The first-order chi connectivity index (χ1) is 13.2. The smallest absolute Gasteiger partial charge is 0.259 e. The quantitative estimate of drug-likeness (QED) is 0.527. The maximum Gasteiger partial charge on any atom is 0.259 e. The molecule has 148 valence electrons. The molecular weight excluding hydrogens is 358 g/mol. The Morgan fingerprint density at radius 3 is 2.43 bits per heavy atom. The molecule has 2 amide bonds. The summed E-state index contributed by atoms with van der Waals surface area (Å²) in [6.45, 7) is 6.10. The number of amides is 2. The van der Waals surface area contributed by atoms with Crippen LogP contribution in [0.4, 0.5) is 0 Å². The van der Waals surface area contributed by atoms with E-state index in [1.54, 1.807) is 24.3 Å². The Bertz CT molecular complexity index is 868. The van der Waals surface area contributed by atoms with Crippen molar-refractivity contribution in [2.75, 3.05) is 13.7 Å². The number of rotatable bonds is 6. The molecule has 0 aromatic heterocycles. The Kier molecular flexibility index (Phi) is 6.76. The van der Waals surface area contributed by atoms with Crippen molar-refractivity contribution in [2.24, 2.45) is 5.10 Å². The number of aromatic hydroxyl groups is 1. The molecule has 2 aromatic carbocycles. The van der Waals surface area contributed by atoms with Crippen LogP contribution in [0, 0.1) is 0 Å².